The van der Waals surface area contributed by atoms with Crippen LogP contribution >= 0.6 is 0 Å². The highest BCUT2D eigenvalue weighted by Crippen LogP contribution is 2.36. The third kappa shape index (κ3) is 4.64. The van der Waals surface area contributed by atoms with E-state index in [0.717, 1.165) is 11.1 Å². The summed E-state index contributed by atoms with van der Waals surface area (Å²) in [6.07, 6.45) is 3.28. The maximum atomic E-state index is 14.3. The van der Waals surface area contributed by atoms with Crippen molar-refractivity contribution in [2.45, 2.75) is 58.2 Å². The van der Waals surface area contributed by atoms with Crippen LogP contribution in [0.15, 0.2) is 59.2 Å². The van der Waals surface area contributed by atoms with Crippen LogP contribution in [0.25, 0.3) is 0 Å². The third-order valence-electron chi connectivity index (χ3n) is 7.73. The zero-order valence-electron chi connectivity index (χ0n) is 21.7. The Bertz CT molecular complexity index is 1340. The number of para-hydroxylation sites is 2. The molecule has 1 saturated heterocycles. The number of carbonyl (C=O) groups excluding carboxylic acids is 3. The van der Waals surface area contributed by atoms with Gasteiger partial charge >= 0.3 is 0 Å². The van der Waals surface area contributed by atoms with E-state index in [1.54, 1.807) is 25.1 Å². The number of carbonyl (C=O) groups is 3. The molecule has 3 amide bonds. The molecule has 5 rings (SSSR count). The first-order chi connectivity index (χ1) is 18.3. The lowest BCUT2D eigenvalue weighted by Crippen LogP contribution is -2.68. The smallest absolute Gasteiger partial charge is 0.253 e. The van der Waals surface area contributed by atoms with Gasteiger partial charge in [0, 0.05) is 6.92 Å². The number of oxazole rings is 1. The molecular weight excluding hydrogens is 484 g/mol. The van der Waals surface area contributed by atoms with Gasteiger partial charge in [0.05, 0.1) is 5.69 Å². The van der Waals surface area contributed by atoms with Crippen molar-refractivity contribution in [2.75, 3.05) is 5.32 Å². The molecule has 198 valence electrons. The van der Waals surface area contributed by atoms with Gasteiger partial charge in [0.1, 0.15) is 29.8 Å². The number of hydrogen-bond acceptors (Lipinski definition) is 6. The van der Waals surface area contributed by atoms with Crippen LogP contribution in [0.4, 0.5) is 5.69 Å². The lowest BCUT2D eigenvalue weighted by Gasteiger charge is -2.45. The summed E-state index contributed by atoms with van der Waals surface area (Å²) in [5, 5.41) is 16.0. The summed E-state index contributed by atoms with van der Waals surface area (Å²) in [6.45, 7) is 5.48. The number of aromatic nitrogens is 1. The number of fused-ring (bicyclic) bond motifs is 1. The minimum atomic E-state index is -1.24. The molecule has 1 aliphatic carbocycles. The zero-order chi connectivity index (χ0) is 27.0. The van der Waals surface area contributed by atoms with E-state index in [-0.39, 0.29) is 40.8 Å². The topological polar surface area (TPSA) is 125 Å². The number of rotatable bonds is 7. The molecule has 1 aliphatic heterocycles. The molecule has 2 aliphatic rings. The van der Waals surface area contributed by atoms with E-state index >= 15 is 0 Å². The molecule has 2 heterocycles. The van der Waals surface area contributed by atoms with Crippen molar-refractivity contribution in [1.82, 2.24) is 15.2 Å². The molecule has 1 fully saturated rings. The maximum Gasteiger partial charge on any atom is 0.253 e. The highest BCUT2D eigenvalue weighted by Gasteiger charge is 2.51. The largest absolute Gasteiger partial charge is 0.506 e. The second kappa shape index (κ2) is 10.3. The summed E-state index contributed by atoms with van der Waals surface area (Å²) < 4.78 is 5.43. The number of piperazine rings is 1. The normalized spacial score (nSPS) is 21.1. The van der Waals surface area contributed by atoms with Crippen LogP contribution in [0.2, 0.25) is 0 Å². The number of anilines is 1. The quantitative estimate of drug-likeness (QED) is 0.413. The van der Waals surface area contributed by atoms with E-state index in [2.05, 4.69) is 15.6 Å². The first kappa shape index (κ1) is 25.5. The van der Waals surface area contributed by atoms with Crippen molar-refractivity contribution in [3.8, 4) is 5.75 Å². The van der Waals surface area contributed by atoms with Crippen LogP contribution in [-0.4, -0.2) is 44.8 Å². The molecule has 0 spiro atoms. The van der Waals surface area contributed by atoms with Gasteiger partial charge in [-0.2, -0.15) is 0 Å². The Morgan fingerprint density at radius 2 is 1.82 bits per heavy atom. The van der Waals surface area contributed by atoms with Crippen molar-refractivity contribution in [3.05, 3.63) is 77.5 Å². The first-order valence-corrected chi connectivity index (χ1v) is 13.0. The third-order valence-corrected chi connectivity index (χ3v) is 7.73. The van der Waals surface area contributed by atoms with Crippen LogP contribution in [-0.2, 0) is 27.2 Å². The van der Waals surface area contributed by atoms with Crippen LogP contribution in [0.1, 0.15) is 49.0 Å². The molecule has 38 heavy (non-hydrogen) atoms. The van der Waals surface area contributed by atoms with Crippen LogP contribution in [0.5, 0.6) is 5.75 Å². The van der Waals surface area contributed by atoms with Gasteiger partial charge < -0.3 is 25.1 Å². The molecule has 4 atom stereocenters. The number of nitrogens with zero attached hydrogens (tertiary/aromatic N) is 2. The summed E-state index contributed by atoms with van der Waals surface area (Å²) in [4.78, 5) is 47.6. The van der Waals surface area contributed by atoms with E-state index < -0.39 is 24.0 Å². The number of aromatic hydroxyl groups is 1. The minimum absolute atomic E-state index is 0.112. The highest BCUT2D eigenvalue weighted by molar-refractivity contribution is 6.03. The standard InChI is InChI=1S/C29H32N4O5/c1-4-16(2)25-27(35)32-24(20-13-18-9-5-6-10-19(18)14-20)29(37)33(25)26(22-15-38-17(3)30-22)28(36)31-21-11-7-8-12-23(21)34/h5-12,15-16,20,24-26,34H,4,13-14H2,1-3H3,(H,31,36)(H,32,35)/t16-,24-,25-,26?/m1/s1. The molecule has 9 heteroatoms. The number of amides is 3. The molecule has 0 bridgehead atoms. The molecule has 3 N–H and O–H groups in total. The lowest BCUT2D eigenvalue weighted by molar-refractivity contribution is -0.158. The SMILES string of the molecule is CC[C@@H](C)[C@@H]1C(=O)N[C@H](C2Cc3ccccc3C2)C(=O)N1C(C(=O)Nc1ccccc1O)c1coc(C)n1. The van der Waals surface area contributed by atoms with Crippen LogP contribution in [0.3, 0.4) is 0 Å². The van der Waals surface area contributed by atoms with Gasteiger partial charge in [-0.3, -0.25) is 14.4 Å². The Morgan fingerprint density at radius 3 is 2.42 bits per heavy atom. The van der Waals surface area contributed by atoms with Crippen molar-refractivity contribution >= 4 is 23.4 Å². The zero-order valence-corrected chi connectivity index (χ0v) is 21.7. The number of hydrogen-bond donors (Lipinski definition) is 3. The van der Waals surface area contributed by atoms with E-state index in [1.807, 2.05) is 38.1 Å². The van der Waals surface area contributed by atoms with Gasteiger partial charge in [0.15, 0.2) is 11.9 Å². The molecule has 0 radical (unpaired) electrons. The van der Waals surface area contributed by atoms with E-state index in [9.17, 15) is 19.5 Å². The van der Waals surface area contributed by atoms with E-state index in [0.29, 0.717) is 25.2 Å². The van der Waals surface area contributed by atoms with Gasteiger partial charge in [-0.25, -0.2) is 4.98 Å². The van der Waals surface area contributed by atoms with Crippen LogP contribution in [0, 0.1) is 18.8 Å². The summed E-state index contributed by atoms with van der Waals surface area (Å²) in [6, 6.07) is 11.5. The fraction of sp³-hybridized carbons (Fsp3) is 0.379. The fourth-order valence-electron chi connectivity index (χ4n) is 5.61. The van der Waals surface area contributed by atoms with Gasteiger partial charge in [-0.1, -0.05) is 56.7 Å². The van der Waals surface area contributed by atoms with Crippen molar-refractivity contribution in [2.24, 2.45) is 11.8 Å². The number of nitrogens with one attached hydrogen (secondary N) is 2. The molecule has 1 unspecified atom stereocenters. The number of aryl methyl sites for hydroxylation is 1. The van der Waals surface area contributed by atoms with E-state index in [4.69, 9.17) is 4.42 Å². The monoisotopic (exact) mass is 516 g/mol. The van der Waals surface area contributed by atoms with Gasteiger partial charge in [-0.05, 0) is 47.9 Å². The second-order valence-corrected chi connectivity index (χ2v) is 10.2. The number of phenolic OH excluding ortho intramolecular Hbond substituents is 1. The van der Waals surface area contributed by atoms with Gasteiger partial charge in [0.25, 0.3) is 5.91 Å². The summed E-state index contributed by atoms with van der Waals surface area (Å²) >= 11 is 0. The second-order valence-electron chi connectivity index (χ2n) is 10.2. The Morgan fingerprint density at radius 1 is 1.16 bits per heavy atom. The van der Waals surface area contributed by atoms with Gasteiger partial charge in [-0.15, -0.1) is 0 Å². The minimum Gasteiger partial charge on any atom is -0.506 e. The Labute approximate surface area is 221 Å². The highest BCUT2D eigenvalue weighted by atomic mass is 16.3. The van der Waals surface area contributed by atoms with Gasteiger partial charge in [0.2, 0.25) is 11.8 Å². The first-order valence-electron chi connectivity index (χ1n) is 13.0. The summed E-state index contributed by atoms with van der Waals surface area (Å²) in [7, 11) is 0. The average Bonchev–Trinajstić information content (AvgIpc) is 3.53. The molecule has 0 saturated carbocycles. The molecule has 1 aromatic heterocycles. The average molecular weight is 517 g/mol. The van der Waals surface area contributed by atoms with E-state index in [1.165, 1.54) is 17.2 Å². The van der Waals surface area contributed by atoms with Crippen LogP contribution < -0.4 is 10.6 Å². The molecule has 2 aromatic carbocycles. The van der Waals surface area contributed by atoms with Crippen molar-refractivity contribution < 1.29 is 23.9 Å². The lowest BCUT2D eigenvalue weighted by atomic mass is 9.86. The number of phenols is 1. The van der Waals surface area contributed by atoms with Crippen molar-refractivity contribution in [1.29, 1.82) is 0 Å². The summed E-state index contributed by atoms with van der Waals surface area (Å²) in [5.74, 6) is -1.36. The molecular formula is C29H32N4O5. The maximum absolute atomic E-state index is 14.3. The molecule has 3 aromatic rings. The fourth-order valence-corrected chi connectivity index (χ4v) is 5.61. The Kier molecular flexibility index (Phi) is 6.93. The Balaban J connectivity index is 1.55. The Hall–Kier alpha value is -4.14. The van der Waals surface area contributed by atoms with Crippen molar-refractivity contribution in [3.63, 3.8) is 0 Å². The predicted molar refractivity (Wildman–Crippen MR) is 140 cm³/mol. The predicted octanol–water partition coefficient (Wildman–Crippen LogP) is 3.53. The summed E-state index contributed by atoms with van der Waals surface area (Å²) in [5.41, 5.74) is 2.74. The molecule has 9 nitrogen and oxygen atoms in total. The number of benzene rings is 2.